The first-order valence-corrected chi connectivity index (χ1v) is 6.44. The fourth-order valence-corrected chi connectivity index (χ4v) is 1.95. The number of nitro groups is 1. The maximum absolute atomic E-state index is 10.8. The monoisotopic (exact) mass is 286 g/mol. The number of aliphatic hydroxyl groups is 1. The summed E-state index contributed by atoms with van der Waals surface area (Å²) in [5.41, 5.74) is 1.19. The highest BCUT2D eigenvalue weighted by molar-refractivity contribution is 6.33. The minimum absolute atomic E-state index is 0.0187. The zero-order chi connectivity index (χ0) is 14.6. The predicted molar refractivity (Wildman–Crippen MR) is 76.8 cm³/mol. The lowest BCUT2D eigenvalue weighted by molar-refractivity contribution is -0.385. The summed E-state index contributed by atoms with van der Waals surface area (Å²) in [5.74, 6) is 0. The first-order chi connectivity index (χ1) is 8.76. The van der Waals surface area contributed by atoms with E-state index in [0.717, 1.165) is 0 Å². The molecule has 0 fully saturated rings. The van der Waals surface area contributed by atoms with Crippen molar-refractivity contribution in [2.75, 3.05) is 18.5 Å². The Morgan fingerprint density at radius 2 is 2.11 bits per heavy atom. The van der Waals surface area contributed by atoms with Crippen molar-refractivity contribution in [1.82, 2.24) is 0 Å². The molecule has 0 spiro atoms. The predicted octanol–water partition coefficient (Wildman–Crippen LogP) is 3.38. The second-order valence-electron chi connectivity index (χ2n) is 5.37. The topological polar surface area (TPSA) is 75.4 Å². The van der Waals surface area contributed by atoms with Gasteiger partial charge in [0.1, 0.15) is 0 Å². The van der Waals surface area contributed by atoms with Crippen molar-refractivity contribution in [2.45, 2.75) is 27.2 Å². The fraction of sp³-hybridized carbons (Fsp3) is 0.538. The minimum Gasteiger partial charge on any atom is -0.396 e. The van der Waals surface area contributed by atoms with Crippen LogP contribution in [0.1, 0.15) is 25.8 Å². The molecule has 0 unspecified atom stereocenters. The van der Waals surface area contributed by atoms with Crippen LogP contribution in [0.5, 0.6) is 0 Å². The van der Waals surface area contributed by atoms with Crippen molar-refractivity contribution in [3.63, 3.8) is 0 Å². The van der Waals surface area contributed by atoms with Gasteiger partial charge in [0.05, 0.1) is 15.6 Å². The van der Waals surface area contributed by atoms with E-state index in [9.17, 15) is 10.1 Å². The number of hydrogen-bond acceptors (Lipinski definition) is 4. The van der Waals surface area contributed by atoms with E-state index in [1.165, 1.54) is 6.07 Å². The highest BCUT2D eigenvalue weighted by Gasteiger charge is 2.19. The largest absolute Gasteiger partial charge is 0.396 e. The van der Waals surface area contributed by atoms with Crippen LogP contribution in [0.15, 0.2) is 12.1 Å². The molecule has 1 aromatic rings. The van der Waals surface area contributed by atoms with Gasteiger partial charge in [-0.15, -0.1) is 0 Å². The van der Waals surface area contributed by atoms with E-state index in [0.29, 0.717) is 29.2 Å². The molecule has 0 bridgehead atoms. The van der Waals surface area contributed by atoms with E-state index in [4.69, 9.17) is 16.7 Å². The third-order valence-electron chi connectivity index (χ3n) is 3.03. The van der Waals surface area contributed by atoms with Crippen LogP contribution in [0.2, 0.25) is 5.02 Å². The number of aryl methyl sites for hydroxylation is 1. The van der Waals surface area contributed by atoms with Gasteiger partial charge in [0.2, 0.25) is 0 Å². The molecule has 0 atom stereocenters. The quantitative estimate of drug-likeness (QED) is 0.621. The molecule has 0 radical (unpaired) electrons. The van der Waals surface area contributed by atoms with Gasteiger partial charge in [0.25, 0.3) is 5.69 Å². The molecule has 106 valence electrons. The lowest BCUT2D eigenvalue weighted by Crippen LogP contribution is -2.24. The van der Waals surface area contributed by atoms with Crippen LogP contribution in [0, 0.1) is 22.5 Å². The zero-order valence-corrected chi connectivity index (χ0v) is 12.1. The van der Waals surface area contributed by atoms with Crippen molar-refractivity contribution < 1.29 is 10.0 Å². The van der Waals surface area contributed by atoms with E-state index in [1.54, 1.807) is 13.0 Å². The van der Waals surface area contributed by atoms with Crippen LogP contribution in [0.25, 0.3) is 0 Å². The summed E-state index contributed by atoms with van der Waals surface area (Å²) in [5, 5.41) is 23.3. The number of hydrogen-bond donors (Lipinski definition) is 2. The Morgan fingerprint density at radius 1 is 1.47 bits per heavy atom. The van der Waals surface area contributed by atoms with Gasteiger partial charge >= 0.3 is 0 Å². The van der Waals surface area contributed by atoms with Crippen LogP contribution < -0.4 is 5.32 Å². The Labute approximate surface area is 117 Å². The molecule has 0 aliphatic carbocycles. The molecule has 0 aromatic heterocycles. The average Bonchev–Trinajstić information content (AvgIpc) is 2.29. The second kappa shape index (κ2) is 6.21. The van der Waals surface area contributed by atoms with Crippen molar-refractivity contribution in [1.29, 1.82) is 0 Å². The van der Waals surface area contributed by atoms with Crippen LogP contribution >= 0.6 is 11.6 Å². The Bertz CT molecular complexity index is 475. The van der Waals surface area contributed by atoms with Gasteiger partial charge in [0, 0.05) is 24.8 Å². The van der Waals surface area contributed by atoms with Gasteiger partial charge in [-0.25, -0.2) is 0 Å². The average molecular weight is 287 g/mol. The molecular weight excluding hydrogens is 268 g/mol. The highest BCUT2D eigenvalue weighted by Crippen LogP contribution is 2.31. The summed E-state index contributed by atoms with van der Waals surface area (Å²) in [7, 11) is 0. The maximum atomic E-state index is 10.8. The SMILES string of the molecule is Cc1cc(NCC(C)(C)CCO)c(Cl)cc1[N+](=O)[O-]. The number of aliphatic hydroxyl groups excluding tert-OH is 1. The first kappa shape index (κ1) is 15.7. The smallest absolute Gasteiger partial charge is 0.273 e. The van der Waals surface area contributed by atoms with E-state index < -0.39 is 4.92 Å². The normalized spacial score (nSPS) is 11.4. The molecule has 0 amide bonds. The van der Waals surface area contributed by atoms with Gasteiger partial charge < -0.3 is 10.4 Å². The molecule has 0 saturated heterocycles. The molecule has 0 saturated carbocycles. The molecule has 1 aromatic carbocycles. The van der Waals surface area contributed by atoms with Crippen LogP contribution in [0.3, 0.4) is 0 Å². The number of benzene rings is 1. The summed E-state index contributed by atoms with van der Waals surface area (Å²) in [6, 6.07) is 3.04. The molecule has 19 heavy (non-hydrogen) atoms. The van der Waals surface area contributed by atoms with Gasteiger partial charge in [-0.2, -0.15) is 0 Å². The molecule has 0 aliphatic heterocycles. The fourth-order valence-electron chi connectivity index (χ4n) is 1.73. The number of halogens is 1. The molecule has 6 heteroatoms. The van der Waals surface area contributed by atoms with Crippen LogP contribution in [-0.2, 0) is 0 Å². The molecule has 0 heterocycles. The van der Waals surface area contributed by atoms with E-state index >= 15 is 0 Å². The zero-order valence-electron chi connectivity index (χ0n) is 11.4. The van der Waals surface area contributed by atoms with Gasteiger partial charge in [0.15, 0.2) is 0 Å². The minimum atomic E-state index is -0.444. The Hall–Kier alpha value is -1.33. The lowest BCUT2D eigenvalue weighted by Gasteiger charge is -2.25. The maximum Gasteiger partial charge on any atom is 0.273 e. The summed E-state index contributed by atoms with van der Waals surface area (Å²) in [6.45, 7) is 6.50. The molecule has 0 aliphatic rings. The third kappa shape index (κ3) is 4.36. The van der Waals surface area contributed by atoms with E-state index in [-0.39, 0.29) is 17.7 Å². The van der Waals surface area contributed by atoms with Crippen molar-refractivity contribution >= 4 is 23.0 Å². The third-order valence-corrected chi connectivity index (χ3v) is 3.34. The van der Waals surface area contributed by atoms with Crippen molar-refractivity contribution in [2.24, 2.45) is 5.41 Å². The van der Waals surface area contributed by atoms with E-state index in [2.05, 4.69) is 5.32 Å². The van der Waals surface area contributed by atoms with Gasteiger partial charge in [-0.05, 0) is 24.8 Å². The summed E-state index contributed by atoms with van der Waals surface area (Å²) in [4.78, 5) is 10.3. The molecule has 1 rings (SSSR count). The molecule has 5 nitrogen and oxygen atoms in total. The number of anilines is 1. The summed E-state index contributed by atoms with van der Waals surface area (Å²) < 4.78 is 0. The van der Waals surface area contributed by atoms with Crippen LogP contribution in [0.4, 0.5) is 11.4 Å². The first-order valence-electron chi connectivity index (χ1n) is 6.06. The number of nitrogens with zero attached hydrogens (tertiary/aromatic N) is 1. The van der Waals surface area contributed by atoms with E-state index in [1.807, 2.05) is 13.8 Å². The highest BCUT2D eigenvalue weighted by atomic mass is 35.5. The van der Waals surface area contributed by atoms with Crippen LogP contribution in [-0.4, -0.2) is 23.2 Å². The molecule has 2 N–H and O–H groups in total. The Balaban J connectivity index is 2.86. The van der Waals surface area contributed by atoms with Gasteiger partial charge in [-0.1, -0.05) is 25.4 Å². The Morgan fingerprint density at radius 3 is 2.63 bits per heavy atom. The molecular formula is C13H19ClN2O3. The lowest BCUT2D eigenvalue weighted by atomic mass is 9.89. The van der Waals surface area contributed by atoms with Crippen molar-refractivity contribution in [3.8, 4) is 0 Å². The van der Waals surface area contributed by atoms with Gasteiger partial charge in [-0.3, -0.25) is 10.1 Å². The number of nitro benzene ring substituents is 1. The Kier molecular flexibility index (Phi) is 5.14. The second-order valence-corrected chi connectivity index (χ2v) is 5.77. The standard InChI is InChI=1S/C13H19ClN2O3/c1-9-6-11(10(14)7-12(9)16(18)19)15-8-13(2,3)4-5-17/h6-7,15,17H,4-5,8H2,1-3H3. The summed E-state index contributed by atoms with van der Waals surface area (Å²) >= 11 is 6.04. The summed E-state index contributed by atoms with van der Waals surface area (Å²) in [6.07, 6.45) is 0.670. The number of nitrogens with one attached hydrogen (secondary N) is 1. The van der Waals surface area contributed by atoms with Crippen molar-refractivity contribution in [3.05, 3.63) is 32.8 Å². The number of rotatable bonds is 6.